The van der Waals surface area contributed by atoms with E-state index in [0.717, 1.165) is 28.1 Å². The lowest BCUT2D eigenvalue weighted by atomic mass is 9.64. The van der Waals surface area contributed by atoms with Crippen LogP contribution < -0.4 is 0 Å². The van der Waals surface area contributed by atoms with E-state index in [4.69, 9.17) is 9.97 Å². The molecule has 3 heteroatoms. The molecule has 2 aliphatic rings. The lowest BCUT2D eigenvalue weighted by Gasteiger charge is -2.36. The van der Waals surface area contributed by atoms with Crippen LogP contribution in [0.25, 0.3) is 88.8 Å². The first-order valence-electron chi connectivity index (χ1n) is 19.5. The summed E-state index contributed by atoms with van der Waals surface area (Å²) in [6, 6.07) is 68.6. The van der Waals surface area contributed by atoms with Gasteiger partial charge in [-0.05, 0) is 101 Å². The van der Waals surface area contributed by atoms with Crippen LogP contribution in [0.5, 0.6) is 0 Å². The van der Waals surface area contributed by atoms with Crippen LogP contribution in [0.1, 0.15) is 22.3 Å². The van der Waals surface area contributed by atoms with Crippen molar-refractivity contribution >= 4 is 21.5 Å². The molecule has 2 aliphatic carbocycles. The van der Waals surface area contributed by atoms with Crippen LogP contribution in [-0.4, -0.2) is 15.0 Å². The molecule has 0 saturated heterocycles. The molecule has 2 aromatic heterocycles. The number of nitrogens with zero attached hydrogens (tertiary/aromatic N) is 3. The molecule has 0 bridgehead atoms. The molecule has 0 radical (unpaired) electrons. The van der Waals surface area contributed by atoms with Gasteiger partial charge in [0.1, 0.15) is 0 Å². The van der Waals surface area contributed by atoms with E-state index in [2.05, 4.69) is 169 Å². The van der Waals surface area contributed by atoms with Crippen molar-refractivity contribution in [2.45, 2.75) is 5.41 Å². The van der Waals surface area contributed by atoms with Gasteiger partial charge in [0.05, 0.1) is 16.8 Å². The predicted octanol–water partition coefficient (Wildman–Crippen LogP) is 13.2. The maximum Gasteiger partial charge on any atom is 0.160 e. The van der Waals surface area contributed by atoms with E-state index in [1.807, 2.05) is 30.5 Å². The maximum atomic E-state index is 5.32. The van der Waals surface area contributed by atoms with Crippen molar-refractivity contribution in [3.05, 3.63) is 223 Å². The molecule has 57 heavy (non-hydrogen) atoms. The zero-order valence-corrected chi connectivity index (χ0v) is 30.9. The highest BCUT2D eigenvalue weighted by atomic mass is 14.9. The normalized spacial score (nSPS) is 14.7. The van der Waals surface area contributed by atoms with Crippen LogP contribution in [0.4, 0.5) is 0 Å². The highest BCUT2D eigenvalue weighted by Gasteiger charge is 2.51. The van der Waals surface area contributed by atoms with E-state index in [9.17, 15) is 0 Å². The van der Waals surface area contributed by atoms with Crippen LogP contribution in [0.15, 0.2) is 200 Å². The molecule has 0 amide bonds. The fourth-order valence-corrected chi connectivity index (χ4v) is 9.90. The highest BCUT2D eigenvalue weighted by Crippen LogP contribution is 2.64. The predicted molar refractivity (Wildman–Crippen MR) is 233 cm³/mol. The Bertz CT molecular complexity index is 3180. The Morgan fingerprint density at radius 2 is 0.895 bits per heavy atom. The molecule has 3 nitrogen and oxygen atoms in total. The monoisotopic (exact) mass is 723 g/mol. The van der Waals surface area contributed by atoms with E-state index >= 15 is 0 Å². The quantitative estimate of drug-likeness (QED) is 0.170. The summed E-state index contributed by atoms with van der Waals surface area (Å²) < 4.78 is 0. The van der Waals surface area contributed by atoms with E-state index in [1.165, 1.54) is 77.2 Å². The number of pyridine rings is 1. The number of rotatable bonds is 3. The first-order valence-corrected chi connectivity index (χ1v) is 19.5. The summed E-state index contributed by atoms with van der Waals surface area (Å²) in [5.74, 6) is 0.682. The largest absolute Gasteiger partial charge is 0.264 e. The third-order valence-electron chi connectivity index (χ3n) is 12.2. The van der Waals surface area contributed by atoms with Crippen LogP contribution in [0, 0.1) is 0 Å². The van der Waals surface area contributed by atoms with Gasteiger partial charge in [-0.25, -0.2) is 9.97 Å². The van der Waals surface area contributed by atoms with E-state index in [-0.39, 0.29) is 0 Å². The van der Waals surface area contributed by atoms with Crippen LogP contribution in [0.2, 0.25) is 0 Å². The minimum Gasteiger partial charge on any atom is -0.264 e. The third-order valence-corrected chi connectivity index (χ3v) is 12.2. The van der Waals surface area contributed by atoms with Gasteiger partial charge in [-0.15, -0.1) is 0 Å². The van der Waals surface area contributed by atoms with Gasteiger partial charge in [-0.1, -0.05) is 164 Å². The van der Waals surface area contributed by atoms with Gasteiger partial charge in [-0.3, -0.25) is 4.98 Å². The summed E-state index contributed by atoms with van der Waals surface area (Å²) >= 11 is 0. The fourth-order valence-electron chi connectivity index (χ4n) is 9.90. The van der Waals surface area contributed by atoms with Crippen LogP contribution >= 0.6 is 0 Å². The molecule has 0 aliphatic heterocycles. The summed E-state index contributed by atoms with van der Waals surface area (Å²) in [6.45, 7) is 0. The summed E-state index contributed by atoms with van der Waals surface area (Å²) in [5.41, 5.74) is 16.6. The molecule has 1 unspecified atom stereocenters. The zero-order valence-electron chi connectivity index (χ0n) is 30.9. The van der Waals surface area contributed by atoms with Gasteiger partial charge in [0.25, 0.3) is 0 Å². The molecular formula is C54H33N3. The van der Waals surface area contributed by atoms with Gasteiger partial charge in [-0.2, -0.15) is 0 Å². The molecule has 10 aromatic rings. The van der Waals surface area contributed by atoms with Crippen molar-refractivity contribution in [2.75, 3.05) is 0 Å². The van der Waals surface area contributed by atoms with Crippen LogP contribution in [-0.2, 0) is 5.41 Å². The van der Waals surface area contributed by atoms with Gasteiger partial charge in [0.2, 0.25) is 0 Å². The Morgan fingerprint density at radius 1 is 0.351 bits per heavy atom. The molecule has 264 valence electrons. The van der Waals surface area contributed by atoms with Crippen molar-refractivity contribution in [1.29, 1.82) is 0 Å². The summed E-state index contributed by atoms with van der Waals surface area (Å²) in [6.07, 6.45) is 3.68. The number of aromatic nitrogens is 3. The molecular weight excluding hydrogens is 691 g/mol. The number of hydrogen-bond donors (Lipinski definition) is 0. The third kappa shape index (κ3) is 4.51. The van der Waals surface area contributed by atoms with E-state index in [0.29, 0.717) is 5.82 Å². The molecule has 0 fully saturated rings. The number of hydrogen-bond acceptors (Lipinski definition) is 3. The smallest absolute Gasteiger partial charge is 0.160 e. The van der Waals surface area contributed by atoms with Crippen molar-refractivity contribution in [2.24, 2.45) is 0 Å². The summed E-state index contributed by atoms with van der Waals surface area (Å²) in [5, 5.41) is 5.08. The Hall–Kier alpha value is -7.49. The standard InChI is InChI=1S/C54H33N3/c1-2-15-34(16-3-1)53-56-49(32-50(57-53)36-17-14-30-55-33-36)35-28-29-42-38-19-5-4-18-37(38)41-22-10-12-26-46(41)54(48(42)31-35)47-27-13-11-25-45(47)51-43-23-8-6-20-39(43)40-21-7-9-24-44(40)52(51)54/h1-33H. The first-order chi connectivity index (χ1) is 28.3. The van der Waals surface area contributed by atoms with Gasteiger partial charge in [0.15, 0.2) is 5.82 Å². The van der Waals surface area contributed by atoms with Crippen molar-refractivity contribution < 1.29 is 0 Å². The van der Waals surface area contributed by atoms with Crippen molar-refractivity contribution in [3.63, 3.8) is 0 Å². The lowest BCUT2D eigenvalue weighted by Crippen LogP contribution is -2.29. The molecule has 0 N–H and O–H groups in total. The van der Waals surface area contributed by atoms with E-state index < -0.39 is 5.41 Å². The Balaban J connectivity index is 1.26. The van der Waals surface area contributed by atoms with Crippen LogP contribution in [0.3, 0.4) is 0 Å². The second kappa shape index (κ2) is 12.3. The second-order valence-corrected chi connectivity index (χ2v) is 15.1. The average molecular weight is 724 g/mol. The number of benzene rings is 8. The SMILES string of the molecule is c1ccc(-c2nc(-c3cccnc3)cc(-c3ccc4c(c3)C3(c5ccccc5-c5ccccc5-4)c4ccccc4-c4c3c3ccccc3c3ccccc43)n2)cc1. The lowest BCUT2D eigenvalue weighted by molar-refractivity contribution is 0.783. The topological polar surface area (TPSA) is 38.7 Å². The minimum absolute atomic E-state index is 0.669. The Kier molecular flexibility index (Phi) is 6.84. The fraction of sp³-hybridized carbons (Fsp3) is 0.0185. The Labute approximate surface area is 330 Å². The van der Waals surface area contributed by atoms with E-state index in [1.54, 1.807) is 6.20 Å². The average Bonchev–Trinajstić information content (AvgIpc) is 3.56. The van der Waals surface area contributed by atoms with Crippen molar-refractivity contribution in [1.82, 2.24) is 15.0 Å². The molecule has 0 saturated carbocycles. The van der Waals surface area contributed by atoms with Gasteiger partial charge >= 0.3 is 0 Å². The Morgan fingerprint density at radius 3 is 1.61 bits per heavy atom. The number of fused-ring (bicyclic) bond motifs is 17. The molecule has 12 rings (SSSR count). The molecule has 8 aromatic carbocycles. The summed E-state index contributed by atoms with van der Waals surface area (Å²) in [7, 11) is 0. The van der Waals surface area contributed by atoms with Crippen molar-refractivity contribution in [3.8, 4) is 67.3 Å². The minimum atomic E-state index is -0.669. The molecule has 1 spiro atoms. The zero-order chi connectivity index (χ0) is 37.5. The summed E-state index contributed by atoms with van der Waals surface area (Å²) in [4.78, 5) is 14.9. The first kappa shape index (κ1) is 31.8. The van der Waals surface area contributed by atoms with Gasteiger partial charge in [0, 0.05) is 29.1 Å². The molecule has 2 heterocycles. The highest BCUT2D eigenvalue weighted by molar-refractivity contribution is 6.19. The second-order valence-electron chi connectivity index (χ2n) is 15.1. The maximum absolute atomic E-state index is 5.32. The molecule has 1 atom stereocenters. The van der Waals surface area contributed by atoms with Gasteiger partial charge < -0.3 is 0 Å².